The largest absolute Gasteiger partial charge is 0.308 e. The predicted octanol–water partition coefficient (Wildman–Crippen LogP) is 2.12. The molecule has 0 heterocycles. The van der Waals surface area contributed by atoms with Crippen LogP contribution in [0.4, 0.5) is 0 Å². The van der Waals surface area contributed by atoms with Gasteiger partial charge in [0.05, 0.1) is 5.75 Å². The van der Waals surface area contributed by atoms with Crippen molar-refractivity contribution in [3.63, 3.8) is 0 Å². The molecule has 120 valence electrons. The van der Waals surface area contributed by atoms with E-state index in [-0.39, 0.29) is 11.8 Å². The van der Waals surface area contributed by atoms with Crippen LogP contribution in [0.15, 0.2) is 30.3 Å². The van der Waals surface area contributed by atoms with E-state index >= 15 is 0 Å². The predicted molar refractivity (Wildman–Crippen MR) is 88.9 cm³/mol. The minimum Gasteiger partial charge on any atom is -0.308 e. The Kier molecular flexibility index (Phi) is 7.35. The summed E-state index contributed by atoms with van der Waals surface area (Å²) in [7, 11) is 0.681. The molecule has 0 amide bonds. The van der Waals surface area contributed by atoms with E-state index in [0.29, 0.717) is 12.3 Å². The second-order valence-electron chi connectivity index (χ2n) is 6.26. The molecule has 1 N–H and O–H groups in total. The van der Waals surface area contributed by atoms with Crippen molar-refractivity contribution < 1.29 is 8.42 Å². The van der Waals surface area contributed by atoms with Gasteiger partial charge in [-0.1, -0.05) is 44.2 Å². The molecule has 0 bridgehead atoms. The van der Waals surface area contributed by atoms with Gasteiger partial charge in [0, 0.05) is 12.6 Å². The van der Waals surface area contributed by atoms with E-state index < -0.39 is 10.0 Å². The van der Waals surface area contributed by atoms with Crippen LogP contribution in [-0.4, -0.2) is 45.8 Å². The van der Waals surface area contributed by atoms with Crippen molar-refractivity contribution in [1.29, 1.82) is 0 Å². The second kappa shape index (κ2) is 8.51. The molecule has 0 saturated heterocycles. The molecule has 1 rings (SSSR count). The minimum atomic E-state index is -3.25. The summed E-state index contributed by atoms with van der Waals surface area (Å²) in [5.74, 6) is 0.603. The van der Waals surface area contributed by atoms with Crippen LogP contribution in [0.1, 0.15) is 25.8 Å². The van der Waals surface area contributed by atoms with Gasteiger partial charge in [0.15, 0.2) is 0 Å². The number of rotatable bonds is 9. The molecule has 0 saturated carbocycles. The van der Waals surface area contributed by atoms with E-state index in [4.69, 9.17) is 0 Å². The molecule has 1 atom stereocenters. The van der Waals surface area contributed by atoms with E-state index in [0.717, 1.165) is 18.5 Å². The highest BCUT2D eigenvalue weighted by Gasteiger charge is 2.19. The SMILES string of the molecule is CC(C)CC(CN(C)C)NS(=O)(=O)CCc1ccccc1. The lowest BCUT2D eigenvalue weighted by atomic mass is 10.0. The van der Waals surface area contributed by atoms with Crippen LogP contribution < -0.4 is 4.72 Å². The molecule has 1 aromatic carbocycles. The van der Waals surface area contributed by atoms with Crippen molar-refractivity contribution in [2.24, 2.45) is 5.92 Å². The highest BCUT2D eigenvalue weighted by Crippen LogP contribution is 2.08. The van der Waals surface area contributed by atoms with Gasteiger partial charge in [0.2, 0.25) is 10.0 Å². The molecule has 5 heteroatoms. The van der Waals surface area contributed by atoms with Crippen LogP contribution in [0, 0.1) is 5.92 Å². The first-order valence-corrected chi connectivity index (χ1v) is 9.12. The Bertz CT molecular complexity index is 488. The number of benzene rings is 1. The summed E-state index contributed by atoms with van der Waals surface area (Å²) in [5.41, 5.74) is 1.05. The lowest BCUT2D eigenvalue weighted by molar-refractivity contribution is 0.329. The molecule has 21 heavy (non-hydrogen) atoms. The van der Waals surface area contributed by atoms with E-state index in [1.54, 1.807) is 0 Å². The normalized spacial score (nSPS) is 13.8. The van der Waals surface area contributed by atoms with Gasteiger partial charge in [0.25, 0.3) is 0 Å². The Morgan fingerprint density at radius 2 is 1.76 bits per heavy atom. The lowest BCUT2D eigenvalue weighted by Gasteiger charge is -2.23. The Balaban J connectivity index is 2.58. The Hall–Kier alpha value is -0.910. The zero-order chi connectivity index (χ0) is 15.9. The third-order valence-electron chi connectivity index (χ3n) is 3.19. The standard InChI is InChI=1S/C16H28N2O2S/c1-14(2)12-16(13-18(3)4)17-21(19,20)11-10-15-8-6-5-7-9-15/h5-9,14,16-17H,10-13H2,1-4H3. The molecule has 0 radical (unpaired) electrons. The smallest absolute Gasteiger partial charge is 0.212 e. The third kappa shape index (κ3) is 8.19. The van der Waals surface area contributed by atoms with E-state index in [1.807, 2.05) is 49.3 Å². The van der Waals surface area contributed by atoms with Crippen molar-refractivity contribution in [3.8, 4) is 0 Å². The number of hydrogen-bond donors (Lipinski definition) is 1. The monoisotopic (exact) mass is 312 g/mol. The first kappa shape index (κ1) is 18.1. The summed E-state index contributed by atoms with van der Waals surface area (Å²) in [5, 5.41) is 0. The van der Waals surface area contributed by atoms with E-state index in [9.17, 15) is 8.42 Å². The quantitative estimate of drug-likeness (QED) is 0.760. The zero-order valence-corrected chi connectivity index (χ0v) is 14.4. The summed E-state index contributed by atoms with van der Waals surface area (Å²) in [4.78, 5) is 2.02. The first-order chi connectivity index (χ1) is 9.78. The van der Waals surface area contributed by atoms with Crippen LogP contribution in [0.5, 0.6) is 0 Å². The van der Waals surface area contributed by atoms with E-state index in [1.165, 1.54) is 0 Å². The van der Waals surface area contributed by atoms with Crippen molar-refractivity contribution in [3.05, 3.63) is 35.9 Å². The van der Waals surface area contributed by atoms with Crippen LogP contribution >= 0.6 is 0 Å². The lowest BCUT2D eigenvalue weighted by Crippen LogP contribution is -2.43. The van der Waals surface area contributed by atoms with Crippen LogP contribution in [0.3, 0.4) is 0 Å². The van der Waals surface area contributed by atoms with Crippen LogP contribution in [0.2, 0.25) is 0 Å². The fraction of sp³-hybridized carbons (Fsp3) is 0.625. The van der Waals surface area contributed by atoms with Crippen molar-refractivity contribution >= 4 is 10.0 Å². The number of sulfonamides is 1. The Morgan fingerprint density at radius 1 is 1.14 bits per heavy atom. The van der Waals surface area contributed by atoms with Crippen LogP contribution in [-0.2, 0) is 16.4 Å². The van der Waals surface area contributed by atoms with Crippen molar-refractivity contribution in [2.45, 2.75) is 32.7 Å². The van der Waals surface area contributed by atoms with Gasteiger partial charge in [-0.05, 0) is 38.4 Å². The molecular weight excluding hydrogens is 284 g/mol. The molecule has 0 aliphatic rings. The maximum Gasteiger partial charge on any atom is 0.212 e. The molecule has 4 nitrogen and oxygen atoms in total. The fourth-order valence-corrected chi connectivity index (χ4v) is 3.68. The van der Waals surface area contributed by atoms with Crippen molar-refractivity contribution in [2.75, 3.05) is 26.4 Å². The Morgan fingerprint density at radius 3 is 2.29 bits per heavy atom. The summed E-state index contributed by atoms with van der Waals surface area (Å²) in [6.07, 6.45) is 1.40. The average Bonchev–Trinajstić information content (AvgIpc) is 2.35. The summed E-state index contributed by atoms with van der Waals surface area (Å²) in [6.45, 7) is 4.95. The number of aryl methyl sites for hydroxylation is 1. The number of nitrogens with one attached hydrogen (secondary N) is 1. The molecule has 0 aromatic heterocycles. The fourth-order valence-electron chi connectivity index (χ4n) is 2.38. The molecule has 0 aliphatic heterocycles. The first-order valence-electron chi connectivity index (χ1n) is 7.47. The topological polar surface area (TPSA) is 49.4 Å². The highest BCUT2D eigenvalue weighted by molar-refractivity contribution is 7.89. The Labute approximate surface area is 129 Å². The molecular formula is C16H28N2O2S. The highest BCUT2D eigenvalue weighted by atomic mass is 32.2. The number of likely N-dealkylation sites (N-methyl/N-ethyl adjacent to an activating group) is 1. The van der Waals surface area contributed by atoms with Gasteiger partial charge in [-0.15, -0.1) is 0 Å². The van der Waals surface area contributed by atoms with E-state index in [2.05, 4.69) is 18.6 Å². The summed E-state index contributed by atoms with van der Waals surface area (Å²) >= 11 is 0. The third-order valence-corrected chi connectivity index (χ3v) is 4.62. The molecule has 1 unspecified atom stereocenters. The summed E-state index contributed by atoms with van der Waals surface area (Å²) in [6, 6.07) is 9.70. The minimum absolute atomic E-state index is 0.0271. The van der Waals surface area contributed by atoms with Gasteiger partial charge in [0.1, 0.15) is 0 Å². The maximum atomic E-state index is 12.2. The van der Waals surface area contributed by atoms with Gasteiger partial charge < -0.3 is 4.90 Å². The van der Waals surface area contributed by atoms with Crippen LogP contribution in [0.25, 0.3) is 0 Å². The van der Waals surface area contributed by atoms with Gasteiger partial charge >= 0.3 is 0 Å². The number of nitrogens with zero attached hydrogens (tertiary/aromatic N) is 1. The number of hydrogen-bond acceptors (Lipinski definition) is 3. The average molecular weight is 312 g/mol. The maximum absolute atomic E-state index is 12.2. The van der Waals surface area contributed by atoms with Gasteiger partial charge in [-0.2, -0.15) is 0 Å². The summed E-state index contributed by atoms with van der Waals surface area (Å²) < 4.78 is 27.4. The van der Waals surface area contributed by atoms with Crippen molar-refractivity contribution in [1.82, 2.24) is 9.62 Å². The molecule has 0 spiro atoms. The molecule has 1 aromatic rings. The van der Waals surface area contributed by atoms with Gasteiger partial charge in [-0.3, -0.25) is 0 Å². The second-order valence-corrected chi connectivity index (χ2v) is 8.13. The molecule has 0 fully saturated rings. The zero-order valence-electron chi connectivity index (χ0n) is 13.5. The van der Waals surface area contributed by atoms with Gasteiger partial charge in [-0.25, -0.2) is 13.1 Å². The molecule has 0 aliphatic carbocycles.